The molecule has 0 aromatic carbocycles. The van der Waals surface area contributed by atoms with Gasteiger partial charge in [0.2, 0.25) is 11.6 Å². The molecule has 0 bridgehead atoms. The normalized spacial score (nSPS) is 15.0. The molecule has 14 heteroatoms. The van der Waals surface area contributed by atoms with Crippen molar-refractivity contribution in [1.82, 2.24) is 0 Å². The molecule has 0 saturated heterocycles. The summed E-state index contributed by atoms with van der Waals surface area (Å²) in [6.45, 7) is 31.8. The van der Waals surface area contributed by atoms with Gasteiger partial charge in [-0.2, -0.15) is 10.5 Å². The molecule has 0 aromatic heterocycles. The number of ether oxygens (including phenoxy) is 6. The van der Waals surface area contributed by atoms with Crippen LogP contribution in [0.15, 0.2) is 24.3 Å². The topological polar surface area (TPSA) is 205 Å². The van der Waals surface area contributed by atoms with E-state index >= 15 is 0 Å². The summed E-state index contributed by atoms with van der Waals surface area (Å²) in [7, 11) is 0. The predicted octanol–water partition coefficient (Wildman–Crippen LogP) is 5.44. The van der Waals surface area contributed by atoms with Crippen molar-refractivity contribution in [1.29, 1.82) is 10.5 Å². The molecule has 0 radical (unpaired) electrons. The van der Waals surface area contributed by atoms with Crippen LogP contribution in [0.5, 0.6) is 0 Å². The van der Waals surface area contributed by atoms with Gasteiger partial charge in [-0.05, 0) is 103 Å². The zero-order chi connectivity index (χ0) is 43.0. The van der Waals surface area contributed by atoms with Crippen LogP contribution in [0, 0.1) is 28.1 Å². The highest BCUT2D eigenvalue weighted by Crippen LogP contribution is 2.38. The van der Waals surface area contributed by atoms with Gasteiger partial charge in [0.15, 0.2) is 23.8 Å². The van der Waals surface area contributed by atoms with E-state index in [1.165, 1.54) is 55.4 Å². The van der Waals surface area contributed by atoms with Crippen LogP contribution in [0.25, 0.3) is 0 Å². The number of rotatable bonds is 23. The van der Waals surface area contributed by atoms with Gasteiger partial charge in [-0.15, -0.1) is 0 Å². The fourth-order valence-corrected chi connectivity index (χ4v) is 5.57. The quantitative estimate of drug-likeness (QED) is 0.0723. The highest BCUT2D eigenvalue weighted by atomic mass is 16.6. The Morgan fingerprint density at radius 3 is 1.24 bits per heavy atom. The molecule has 0 aliphatic carbocycles. The van der Waals surface area contributed by atoms with E-state index < -0.39 is 98.3 Å². The van der Waals surface area contributed by atoms with Gasteiger partial charge in [-0.25, -0.2) is 9.59 Å². The molecular weight excluding hydrogens is 700 g/mol. The van der Waals surface area contributed by atoms with Crippen LogP contribution < -0.4 is 0 Å². The van der Waals surface area contributed by atoms with E-state index in [-0.39, 0.29) is 12.4 Å². The third-order valence-corrected chi connectivity index (χ3v) is 9.35. The molecule has 302 valence electrons. The highest BCUT2D eigenvalue weighted by Gasteiger charge is 2.48. The van der Waals surface area contributed by atoms with Gasteiger partial charge in [0, 0.05) is 0 Å². The first kappa shape index (κ1) is 49.9. The maximum absolute atomic E-state index is 13.8. The van der Waals surface area contributed by atoms with Crippen molar-refractivity contribution in [2.24, 2.45) is 5.41 Å². The number of nitriles is 2. The Morgan fingerprint density at radius 1 is 0.556 bits per heavy atom. The SMILES string of the molecule is C=C(C#N)C(=O)OC(C)C(=O)C(C)(C)OC(C)C(=O)C(C)(C)OC(C)(C)CCOC(C)(C)C(C)(C)C(=O)C(C)OC(C)(C)C(=O)C(C)OC(=O)C(=C)C#N. The first-order valence-electron chi connectivity index (χ1n) is 17.6. The summed E-state index contributed by atoms with van der Waals surface area (Å²) in [5.74, 6) is -4.12. The van der Waals surface area contributed by atoms with Crippen molar-refractivity contribution < 1.29 is 57.2 Å². The minimum absolute atomic E-state index is 0.124. The summed E-state index contributed by atoms with van der Waals surface area (Å²) in [6.07, 6.45) is -4.42. The number of ketones is 4. The van der Waals surface area contributed by atoms with Gasteiger partial charge < -0.3 is 28.4 Å². The number of esters is 2. The van der Waals surface area contributed by atoms with E-state index in [0.29, 0.717) is 6.42 Å². The van der Waals surface area contributed by atoms with Gasteiger partial charge in [0.1, 0.15) is 52.3 Å². The Balaban J connectivity index is 5.54. The van der Waals surface area contributed by atoms with Crippen molar-refractivity contribution in [3.05, 3.63) is 24.3 Å². The van der Waals surface area contributed by atoms with Crippen molar-refractivity contribution in [3.63, 3.8) is 0 Å². The third-order valence-electron chi connectivity index (χ3n) is 9.35. The van der Waals surface area contributed by atoms with Gasteiger partial charge in [-0.3, -0.25) is 19.2 Å². The van der Waals surface area contributed by atoms with Crippen LogP contribution in [-0.2, 0) is 57.2 Å². The Hall–Kier alpha value is -4.08. The first-order chi connectivity index (χ1) is 24.1. The third kappa shape index (κ3) is 13.3. The summed E-state index contributed by atoms with van der Waals surface area (Å²) < 4.78 is 34.4. The Kier molecular flexibility index (Phi) is 17.1. The van der Waals surface area contributed by atoms with E-state index in [9.17, 15) is 28.8 Å². The fourth-order valence-electron chi connectivity index (χ4n) is 5.57. The predicted molar refractivity (Wildman–Crippen MR) is 198 cm³/mol. The summed E-state index contributed by atoms with van der Waals surface area (Å²) in [5, 5.41) is 17.7. The lowest BCUT2D eigenvalue weighted by Gasteiger charge is -2.43. The molecule has 14 nitrogen and oxygen atoms in total. The average molecular weight is 761 g/mol. The minimum Gasteiger partial charge on any atom is -0.450 e. The number of carbonyl (C=O) groups is 6. The second kappa shape index (κ2) is 18.5. The molecule has 0 aromatic rings. The first-order valence-corrected chi connectivity index (χ1v) is 17.6. The molecule has 0 aliphatic rings. The van der Waals surface area contributed by atoms with E-state index in [0.717, 1.165) is 0 Å². The van der Waals surface area contributed by atoms with Crippen LogP contribution >= 0.6 is 0 Å². The summed E-state index contributed by atoms with van der Waals surface area (Å²) in [5.41, 5.74) is -8.48. The van der Waals surface area contributed by atoms with Gasteiger partial charge >= 0.3 is 11.9 Å². The number of hydrogen-bond acceptors (Lipinski definition) is 14. The number of nitrogens with zero attached hydrogens (tertiary/aromatic N) is 2. The highest BCUT2D eigenvalue weighted by molar-refractivity contribution is 5.98. The van der Waals surface area contributed by atoms with Crippen LogP contribution in [0.2, 0.25) is 0 Å². The minimum atomic E-state index is -1.55. The number of hydrogen-bond donors (Lipinski definition) is 0. The molecule has 4 unspecified atom stereocenters. The molecule has 0 aliphatic heterocycles. The second-order valence-corrected chi connectivity index (χ2v) is 16.4. The molecule has 54 heavy (non-hydrogen) atoms. The van der Waals surface area contributed by atoms with Crippen LogP contribution in [0.3, 0.4) is 0 Å². The smallest absolute Gasteiger partial charge is 0.348 e. The second-order valence-electron chi connectivity index (χ2n) is 16.4. The maximum Gasteiger partial charge on any atom is 0.348 e. The average Bonchev–Trinajstić information content (AvgIpc) is 3.04. The van der Waals surface area contributed by atoms with Crippen LogP contribution in [-0.4, -0.2) is 94.1 Å². The molecule has 0 saturated carbocycles. The number of carbonyl (C=O) groups excluding carboxylic acids is 6. The molecule has 4 atom stereocenters. The molecule has 0 N–H and O–H groups in total. The largest absolute Gasteiger partial charge is 0.450 e. The lowest BCUT2D eigenvalue weighted by atomic mass is 9.72. The molecule has 0 fully saturated rings. The van der Waals surface area contributed by atoms with E-state index in [2.05, 4.69) is 13.2 Å². The Morgan fingerprint density at radius 2 is 0.889 bits per heavy atom. The summed E-state index contributed by atoms with van der Waals surface area (Å²) in [4.78, 5) is 77.3. The van der Waals surface area contributed by atoms with Crippen molar-refractivity contribution in [2.75, 3.05) is 6.61 Å². The zero-order valence-electron chi connectivity index (χ0n) is 34.9. The standard InChI is InChI=1S/C40H60N2O12/c1-23(21-41)33(47)50-25(3)30(44)37(11,12)52-27(5)29(43)36(9,10)40(17,18)49-20-19-35(7,8)54-39(15,16)32(46)28(6)53-38(13,14)31(45)26(4)51-34(48)24(2)22-42/h25-28H,1-2,19-20H2,3-18H3. The van der Waals surface area contributed by atoms with Gasteiger partial charge in [0.25, 0.3) is 0 Å². The Bertz CT molecular complexity index is 1570. The number of Topliss-reactive ketones (excluding diaryl/α,β-unsaturated/α-hetero) is 4. The Labute approximate surface area is 320 Å². The van der Waals surface area contributed by atoms with Crippen molar-refractivity contribution in [2.45, 2.75) is 170 Å². The van der Waals surface area contributed by atoms with Crippen LogP contribution in [0.1, 0.15) is 117 Å². The summed E-state index contributed by atoms with van der Waals surface area (Å²) >= 11 is 0. The van der Waals surface area contributed by atoms with E-state index in [1.807, 2.05) is 0 Å². The maximum atomic E-state index is 13.8. The zero-order valence-corrected chi connectivity index (χ0v) is 34.9. The summed E-state index contributed by atoms with van der Waals surface area (Å²) in [6, 6.07) is 3.13. The molecule has 0 amide bonds. The molecule has 0 heterocycles. The lowest BCUT2D eigenvalue weighted by Crippen LogP contribution is -2.54. The molecular formula is C40H60N2O12. The fraction of sp³-hybridized carbons (Fsp3) is 0.700. The monoisotopic (exact) mass is 760 g/mol. The lowest BCUT2D eigenvalue weighted by molar-refractivity contribution is -0.188. The van der Waals surface area contributed by atoms with Crippen molar-refractivity contribution >= 4 is 35.1 Å². The molecule has 0 rings (SSSR count). The van der Waals surface area contributed by atoms with Gasteiger partial charge in [-0.1, -0.05) is 27.0 Å². The van der Waals surface area contributed by atoms with E-state index in [4.69, 9.17) is 38.9 Å². The van der Waals surface area contributed by atoms with E-state index in [1.54, 1.807) is 67.5 Å². The molecule has 0 spiro atoms. The van der Waals surface area contributed by atoms with Gasteiger partial charge in [0.05, 0.1) is 23.2 Å². The van der Waals surface area contributed by atoms with Crippen LogP contribution in [0.4, 0.5) is 0 Å². The van der Waals surface area contributed by atoms with Crippen molar-refractivity contribution in [3.8, 4) is 12.1 Å².